The first-order chi connectivity index (χ1) is 9.62. The third-order valence-corrected chi connectivity index (χ3v) is 4.89. The van der Waals surface area contributed by atoms with Crippen LogP contribution >= 0.6 is 0 Å². The molecule has 6 heteroatoms. The van der Waals surface area contributed by atoms with Gasteiger partial charge in [0.15, 0.2) is 0 Å². The standard InChI is InChI=1S/C15H24BFO4/c1-14(2)15(3,4)21-16(20-14)13(17)11-7-5-6-10(8-11)9-12(18)19/h10H,5-9H2,1-4H3,(H,18,19). The van der Waals surface area contributed by atoms with Gasteiger partial charge in [0, 0.05) is 6.42 Å². The van der Waals surface area contributed by atoms with E-state index in [1.165, 1.54) is 0 Å². The number of hydrogen-bond donors (Lipinski definition) is 1. The first-order valence-corrected chi connectivity index (χ1v) is 7.57. The fraction of sp³-hybridized carbons (Fsp3) is 0.800. The van der Waals surface area contributed by atoms with Crippen molar-refractivity contribution >= 4 is 13.1 Å². The van der Waals surface area contributed by atoms with Crippen LogP contribution in [-0.4, -0.2) is 29.4 Å². The Morgan fingerprint density at radius 3 is 2.43 bits per heavy atom. The molecule has 0 aromatic rings. The molecule has 1 unspecified atom stereocenters. The normalized spacial score (nSPS) is 30.3. The van der Waals surface area contributed by atoms with Gasteiger partial charge < -0.3 is 14.4 Å². The van der Waals surface area contributed by atoms with Crippen LogP contribution in [0.15, 0.2) is 11.3 Å². The Labute approximate surface area is 125 Å². The maximum atomic E-state index is 14.7. The average Bonchev–Trinajstić information content (AvgIpc) is 2.57. The number of allylic oxidation sites excluding steroid dienone is 1. The summed E-state index contributed by atoms with van der Waals surface area (Å²) in [5, 5.41) is 8.88. The monoisotopic (exact) mass is 298 g/mol. The van der Waals surface area contributed by atoms with Crippen molar-refractivity contribution in [2.24, 2.45) is 5.92 Å². The summed E-state index contributed by atoms with van der Waals surface area (Å²) in [4.78, 5) is 10.8. The van der Waals surface area contributed by atoms with Crippen LogP contribution in [0, 0.1) is 5.92 Å². The average molecular weight is 298 g/mol. The highest BCUT2D eigenvalue weighted by atomic mass is 19.1. The molecule has 1 atom stereocenters. The Morgan fingerprint density at radius 2 is 1.90 bits per heavy atom. The predicted molar refractivity (Wildman–Crippen MR) is 78.4 cm³/mol. The second-order valence-corrected chi connectivity index (χ2v) is 7.10. The zero-order valence-corrected chi connectivity index (χ0v) is 13.2. The second-order valence-electron chi connectivity index (χ2n) is 7.10. The van der Waals surface area contributed by atoms with E-state index < -0.39 is 24.3 Å². The van der Waals surface area contributed by atoms with Gasteiger partial charge in [0.2, 0.25) is 0 Å². The lowest BCUT2D eigenvalue weighted by atomic mass is 9.76. The fourth-order valence-electron chi connectivity index (χ4n) is 2.91. The molecule has 2 fully saturated rings. The van der Waals surface area contributed by atoms with E-state index in [4.69, 9.17) is 14.4 Å². The Balaban J connectivity index is 2.11. The summed E-state index contributed by atoms with van der Waals surface area (Å²) in [7, 11) is -0.964. The van der Waals surface area contributed by atoms with E-state index in [2.05, 4.69) is 0 Å². The van der Waals surface area contributed by atoms with Crippen LogP contribution in [0.4, 0.5) is 4.39 Å². The van der Waals surface area contributed by atoms with Crippen LogP contribution in [0.3, 0.4) is 0 Å². The second kappa shape index (κ2) is 5.73. The van der Waals surface area contributed by atoms with Crippen LogP contribution in [0.1, 0.15) is 59.8 Å². The molecule has 1 aliphatic heterocycles. The Hall–Kier alpha value is -0.875. The molecule has 1 heterocycles. The van der Waals surface area contributed by atoms with Crippen molar-refractivity contribution in [3.8, 4) is 0 Å². The number of carbonyl (C=O) groups is 1. The molecule has 0 radical (unpaired) electrons. The molecular weight excluding hydrogens is 274 g/mol. The van der Waals surface area contributed by atoms with Crippen LogP contribution in [0.2, 0.25) is 0 Å². The van der Waals surface area contributed by atoms with Gasteiger partial charge in [0.1, 0.15) is 5.73 Å². The van der Waals surface area contributed by atoms with Gasteiger partial charge in [-0.25, -0.2) is 4.39 Å². The van der Waals surface area contributed by atoms with Crippen molar-refractivity contribution in [2.45, 2.75) is 71.0 Å². The van der Waals surface area contributed by atoms with E-state index in [0.717, 1.165) is 12.8 Å². The van der Waals surface area contributed by atoms with E-state index in [1.54, 1.807) is 0 Å². The summed E-state index contributed by atoms with van der Waals surface area (Å²) in [5.74, 6) is -0.809. The minimum atomic E-state index is -0.964. The summed E-state index contributed by atoms with van der Waals surface area (Å²) >= 11 is 0. The van der Waals surface area contributed by atoms with Crippen molar-refractivity contribution in [3.63, 3.8) is 0 Å². The van der Waals surface area contributed by atoms with Crippen molar-refractivity contribution in [1.82, 2.24) is 0 Å². The van der Waals surface area contributed by atoms with E-state index >= 15 is 0 Å². The summed E-state index contributed by atoms with van der Waals surface area (Å²) in [6.45, 7) is 7.55. The third-order valence-electron chi connectivity index (χ3n) is 4.89. The number of aliphatic carboxylic acids is 1. The molecule has 0 spiro atoms. The first-order valence-electron chi connectivity index (χ1n) is 7.57. The third kappa shape index (κ3) is 3.48. The fourth-order valence-corrected chi connectivity index (χ4v) is 2.91. The highest BCUT2D eigenvalue weighted by Gasteiger charge is 2.53. The number of carboxylic acid groups (broad SMARTS) is 1. The van der Waals surface area contributed by atoms with E-state index in [0.29, 0.717) is 18.4 Å². The number of carboxylic acids is 1. The van der Waals surface area contributed by atoms with Gasteiger partial charge in [-0.3, -0.25) is 4.79 Å². The molecule has 0 aromatic heterocycles. The molecule has 1 saturated carbocycles. The van der Waals surface area contributed by atoms with Gasteiger partial charge in [-0.2, -0.15) is 0 Å². The van der Waals surface area contributed by atoms with E-state index in [-0.39, 0.29) is 18.1 Å². The van der Waals surface area contributed by atoms with Crippen molar-refractivity contribution in [2.75, 3.05) is 0 Å². The lowest BCUT2D eigenvalue weighted by Crippen LogP contribution is -2.41. The summed E-state index contributed by atoms with van der Waals surface area (Å²) in [6.07, 6.45) is 2.90. The van der Waals surface area contributed by atoms with Crippen molar-refractivity contribution < 1.29 is 23.6 Å². The van der Waals surface area contributed by atoms with Gasteiger partial charge in [0.25, 0.3) is 0 Å². The molecule has 1 aliphatic carbocycles. The Kier molecular flexibility index (Phi) is 4.50. The Morgan fingerprint density at radius 1 is 1.33 bits per heavy atom. The van der Waals surface area contributed by atoms with Crippen LogP contribution in [0.25, 0.3) is 0 Å². The highest BCUT2D eigenvalue weighted by Crippen LogP contribution is 2.41. The molecule has 118 valence electrons. The van der Waals surface area contributed by atoms with Crippen LogP contribution in [0.5, 0.6) is 0 Å². The van der Waals surface area contributed by atoms with Gasteiger partial charge >= 0.3 is 13.1 Å². The maximum absolute atomic E-state index is 14.7. The van der Waals surface area contributed by atoms with Gasteiger partial charge in [-0.05, 0) is 64.9 Å². The molecule has 1 N–H and O–H groups in total. The van der Waals surface area contributed by atoms with Crippen LogP contribution < -0.4 is 0 Å². The van der Waals surface area contributed by atoms with Crippen LogP contribution in [-0.2, 0) is 14.1 Å². The smallest absolute Gasteiger partial charge is 0.481 e. The van der Waals surface area contributed by atoms with E-state index in [9.17, 15) is 9.18 Å². The Bertz CT molecular complexity index is 443. The molecule has 0 bridgehead atoms. The SMILES string of the molecule is CC1(C)OB(C(F)=C2CCCC(CC(=O)O)C2)OC1(C)C. The molecule has 0 aromatic carbocycles. The van der Waals surface area contributed by atoms with Crippen molar-refractivity contribution in [3.05, 3.63) is 11.3 Å². The molecular formula is C15H24BFO4. The van der Waals surface area contributed by atoms with Crippen molar-refractivity contribution in [1.29, 1.82) is 0 Å². The summed E-state index contributed by atoms with van der Waals surface area (Å²) in [6, 6.07) is 0. The summed E-state index contributed by atoms with van der Waals surface area (Å²) in [5.41, 5.74) is -0.829. The number of halogens is 1. The largest absolute Gasteiger partial charge is 0.525 e. The quantitative estimate of drug-likeness (QED) is 0.810. The predicted octanol–water partition coefficient (Wildman–Crippen LogP) is 3.51. The molecule has 21 heavy (non-hydrogen) atoms. The minimum Gasteiger partial charge on any atom is -0.481 e. The summed E-state index contributed by atoms with van der Waals surface area (Å²) < 4.78 is 26.1. The zero-order chi connectivity index (χ0) is 15.8. The number of rotatable bonds is 3. The molecule has 2 rings (SSSR count). The minimum absolute atomic E-state index is 0.0134. The van der Waals surface area contributed by atoms with E-state index in [1.807, 2.05) is 27.7 Å². The molecule has 4 nitrogen and oxygen atoms in total. The highest BCUT2D eigenvalue weighted by molar-refractivity contribution is 6.53. The topological polar surface area (TPSA) is 55.8 Å². The first kappa shape index (κ1) is 16.5. The zero-order valence-electron chi connectivity index (χ0n) is 13.2. The molecule has 0 amide bonds. The van der Waals surface area contributed by atoms with Gasteiger partial charge in [0.05, 0.1) is 11.2 Å². The lowest BCUT2D eigenvalue weighted by molar-refractivity contribution is -0.138. The van der Waals surface area contributed by atoms with Gasteiger partial charge in [-0.15, -0.1) is 0 Å². The molecule has 2 aliphatic rings. The number of hydrogen-bond acceptors (Lipinski definition) is 3. The maximum Gasteiger partial charge on any atom is 0.525 e. The van der Waals surface area contributed by atoms with Gasteiger partial charge in [-0.1, -0.05) is 0 Å². The molecule has 1 saturated heterocycles. The lowest BCUT2D eigenvalue weighted by Gasteiger charge is -2.32.